The molecule has 2 aliphatic heterocycles. The topological polar surface area (TPSA) is 15.3 Å². The standard InChI is InChI=1S/C6H5BrN2S/c7-5-1-2-9-6(3-5)4-8-10-9/h1-4,8H. The van der Waals surface area contributed by atoms with Crippen molar-refractivity contribution in [1.82, 2.24) is 9.03 Å². The van der Waals surface area contributed by atoms with Crippen molar-refractivity contribution in [3.05, 3.63) is 34.7 Å². The molecule has 0 bridgehead atoms. The van der Waals surface area contributed by atoms with E-state index in [0.717, 1.165) is 4.48 Å². The highest BCUT2D eigenvalue weighted by Crippen LogP contribution is 2.28. The fourth-order valence-electron chi connectivity index (χ4n) is 0.810. The third kappa shape index (κ3) is 0.973. The molecule has 0 radical (unpaired) electrons. The summed E-state index contributed by atoms with van der Waals surface area (Å²) in [4.78, 5) is 0. The SMILES string of the molecule is BrC1=CC2=CNSN2C=C1. The highest BCUT2D eigenvalue weighted by Gasteiger charge is 2.14. The normalized spacial score (nSPS) is 21.5. The largest absolute Gasteiger partial charge is 0.316 e. The van der Waals surface area contributed by atoms with E-state index in [-0.39, 0.29) is 0 Å². The summed E-state index contributed by atoms with van der Waals surface area (Å²) in [6, 6.07) is 0. The molecule has 2 rings (SSSR count). The van der Waals surface area contributed by atoms with Gasteiger partial charge in [0.1, 0.15) is 0 Å². The third-order valence-corrected chi connectivity index (χ3v) is 2.51. The Hall–Kier alpha value is -0.350. The van der Waals surface area contributed by atoms with E-state index in [1.54, 1.807) is 12.1 Å². The molecule has 0 aromatic rings. The number of halogens is 1. The van der Waals surface area contributed by atoms with Gasteiger partial charge in [-0.3, -0.25) is 4.31 Å². The molecule has 2 heterocycles. The average molecular weight is 217 g/mol. The van der Waals surface area contributed by atoms with Crippen molar-refractivity contribution in [2.24, 2.45) is 0 Å². The molecule has 2 aliphatic rings. The molecule has 0 atom stereocenters. The number of fused-ring (bicyclic) bond motifs is 1. The fourth-order valence-corrected chi connectivity index (χ4v) is 1.78. The monoisotopic (exact) mass is 216 g/mol. The van der Waals surface area contributed by atoms with Crippen molar-refractivity contribution in [3.63, 3.8) is 0 Å². The van der Waals surface area contributed by atoms with Crippen molar-refractivity contribution in [3.8, 4) is 0 Å². The summed E-state index contributed by atoms with van der Waals surface area (Å²) in [6.07, 6.45) is 8.06. The lowest BCUT2D eigenvalue weighted by atomic mass is 10.3. The van der Waals surface area contributed by atoms with Crippen LogP contribution in [0.5, 0.6) is 0 Å². The van der Waals surface area contributed by atoms with Crippen LogP contribution in [-0.4, -0.2) is 4.31 Å². The minimum absolute atomic E-state index is 1.11. The Labute approximate surface area is 72.1 Å². The first-order valence-electron chi connectivity index (χ1n) is 2.83. The van der Waals surface area contributed by atoms with E-state index in [0.29, 0.717) is 0 Å². The minimum atomic E-state index is 1.11. The lowest BCUT2D eigenvalue weighted by Gasteiger charge is -2.14. The summed E-state index contributed by atoms with van der Waals surface area (Å²) in [5.41, 5.74) is 1.18. The smallest absolute Gasteiger partial charge is 0.0726 e. The summed E-state index contributed by atoms with van der Waals surface area (Å²) in [7, 11) is 0. The van der Waals surface area contributed by atoms with Gasteiger partial charge in [0.25, 0.3) is 0 Å². The summed E-state index contributed by atoms with van der Waals surface area (Å²) < 4.78 is 6.22. The first-order valence-corrected chi connectivity index (χ1v) is 4.40. The van der Waals surface area contributed by atoms with Gasteiger partial charge in [0.2, 0.25) is 0 Å². The third-order valence-electron chi connectivity index (χ3n) is 1.27. The van der Waals surface area contributed by atoms with E-state index in [1.807, 2.05) is 18.5 Å². The maximum absolute atomic E-state index is 3.39. The van der Waals surface area contributed by atoms with Crippen molar-refractivity contribution < 1.29 is 0 Å². The first-order chi connectivity index (χ1) is 4.86. The maximum Gasteiger partial charge on any atom is 0.0726 e. The minimum Gasteiger partial charge on any atom is -0.316 e. The molecule has 2 nitrogen and oxygen atoms in total. The molecule has 0 unspecified atom stereocenters. The molecule has 0 aromatic carbocycles. The number of nitrogens with one attached hydrogen (secondary N) is 1. The predicted octanol–water partition coefficient (Wildman–Crippen LogP) is 2.10. The van der Waals surface area contributed by atoms with E-state index in [9.17, 15) is 0 Å². The summed E-state index contributed by atoms with van der Waals surface area (Å²) in [5, 5.41) is 0. The molecule has 0 fully saturated rings. The molecule has 0 aromatic heterocycles. The summed E-state index contributed by atoms with van der Waals surface area (Å²) >= 11 is 4.96. The van der Waals surface area contributed by atoms with E-state index in [1.165, 1.54) is 5.70 Å². The zero-order valence-corrected chi connectivity index (χ0v) is 7.45. The Morgan fingerprint density at radius 3 is 3.40 bits per heavy atom. The molecule has 0 aliphatic carbocycles. The van der Waals surface area contributed by atoms with Crippen LogP contribution in [-0.2, 0) is 0 Å². The second-order valence-electron chi connectivity index (χ2n) is 1.95. The number of allylic oxidation sites excluding steroid dienone is 3. The Morgan fingerprint density at radius 1 is 1.60 bits per heavy atom. The molecule has 10 heavy (non-hydrogen) atoms. The van der Waals surface area contributed by atoms with Crippen molar-refractivity contribution in [2.75, 3.05) is 0 Å². The van der Waals surface area contributed by atoms with E-state index >= 15 is 0 Å². The molecule has 0 saturated carbocycles. The molecular weight excluding hydrogens is 212 g/mol. The van der Waals surface area contributed by atoms with E-state index in [4.69, 9.17) is 0 Å². The van der Waals surface area contributed by atoms with Gasteiger partial charge in [0, 0.05) is 16.9 Å². The van der Waals surface area contributed by atoms with Crippen LogP contribution in [0.1, 0.15) is 0 Å². The maximum atomic E-state index is 3.39. The van der Waals surface area contributed by atoms with Gasteiger partial charge in [-0.15, -0.1) is 0 Å². The Balaban J connectivity index is 2.34. The second-order valence-corrected chi connectivity index (χ2v) is 3.68. The van der Waals surface area contributed by atoms with Gasteiger partial charge in [0.05, 0.1) is 17.8 Å². The van der Waals surface area contributed by atoms with Crippen LogP contribution in [0.25, 0.3) is 0 Å². The van der Waals surface area contributed by atoms with Crippen LogP contribution in [0.4, 0.5) is 0 Å². The lowest BCUT2D eigenvalue weighted by Crippen LogP contribution is -2.04. The molecule has 0 spiro atoms. The van der Waals surface area contributed by atoms with Gasteiger partial charge >= 0.3 is 0 Å². The number of hydrogen-bond acceptors (Lipinski definition) is 3. The van der Waals surface area contributed by atoms with Crippen molar-refractivity contribution in [2.45, 2.75) is 0 Å². The summed E-state index contributed by atoms with van der Waals surface area (Å²) in [6.45, 7) is 0. The van der Waals surface area contributed by atoms with Crippen molar-refractivity contribution >= 4 is 28.1 Å². The van der Waals surface area contributed by atoms with Gasteiger partial charge in [-0.25, -0.2) is 0 Å². The zero-order valence-electron chi connectivity index (χ0n) is 5.04. The van der Waals surface area contributed by atoms with Crippen LogP contribution in [0.2, 0.25) is 0 Å². The number of rotatable bonds is 0. The van der Waals surface area contributed by atoms with Crippen LogP contribution < -0.4 is 4.72 Å². The molecular formula is C6H5BrN2S. The quantitative estimate of drug-likeness (QED) is 0.625. The highest BCUT2D eigenvalue weighted by molar-refractivity contribution is 9.11. The Bertz CT molecular complexity index is 244. The van der Waals surface area contributed by atoms with Gasteiger partial charge in [-0.2, -0.15) is 0 Å². The fraction of sp³-hybridized carbons (Fsp3) is 0. The Morgan fingerprint density at radius 2 is 2.50 bits per heavy atom. The van der Waals surface area contributed by atoms with Gasteiger partial charge in [-0.05, 0) is 12.2 Å². The van der Waals surface area contributed by atoms with Crippen molar-refractivity contribution in [1.29, 1.82) is 0 Å². The average Bonchev–Trinajstić information content (AvgIpc) is 2.33. The first kappa shape index (κ1) is 6.37. The molecule has 0 saturated heterocycles. The van der Waals surface area contributed by atoms with E-state index < -0.39 is 0 Å². The van der Waals surface area contributed by atoms with Crippen LogP contribution in [0.15, 0.2) is 34.7 Å². The van der Waals surface area contributed by atoms with Gasteiger partial charge < -0.3 is 4.72 Å². The number of hydrogen-bond donors (Lipinski definition) is 1. The molecule has 1 N–H and O–H groups in total. The van der Waals surface area contributed by atoms with Crippen LogP contribution in [0.3, 0.4) is 0 Å². The highest BCUT2D eigenvalue weighted by atomic mass is 79.9. The number of nitrogens with zero attached hydrogens (tertiary/aromatic N) is 1. The summed E-state index contributed by atoms with van der Waals surface area (Å²) in [5.74, 6) is 0. The van der Waals surface area contributed by atoms with Crippen LogP contribution >= 0.6 is 28.1 Å². The van der Waals surface area contributed by atoms with Gasteiger partial charge in [0.15, 0.2) is 0 Å². The lowest BCUT2D eigenvalue weighted by molar-refractivity contribution is 0.806. The van der Waals surface area contributed by atoms with Crippen LogP contribution in [0, 0.1) is 0 Å². The zero-order chi connectivity index (χ0) is 6.97. The molecule has 0 amide bonds. The second kappa shape index (κ2) is 2.36. The Kier molecular flexibility index (Phi) is 1.50. The van der Waals surface area contributed by atoms with E-state index in [2.05, 4.69) is 31.0 Å². The molecule has 4 heteroatoms. The van der Waals surface area contributed by atoms with Gasteiger partial charge in [-0.1, -0.05) is 15.9 Å². The predicted molar refractivity (Wildman–Crippen MR) is 46.8 cm³/mol. The molecule has 52 valence electrons.